The number of carbonyl (C=O) groups excluding carboxylic acids is 1. The van der Waals surface area contributed by atoms with Gasteiger partial charge in [0.05, 0.1) is 5.57 Å². The molecule has 28 heavy (non-hydrogen) atoms. The third-order valence-electron chi connectivity index (χ3n) is 7.35. The van der Waals surface area contributed by atoms with Crippen molar-refractivity contribution in [3.05, 3.63) is 65.2 Å². The molecule has 4 nitrogen and oxygen atoms in total. The topological polar surface area (TPSA) is 51.2 Å². The van der Waals surface area contributed by atoms with Gasteiger partial charge in [0, 0.05) is 31.2 Å². The molecule has 2 heterocycles. The largest absolute Gasteiger partial charge is 0.489 e. The summed E-state index contributed by atoms with van der Waals surface area (Å²) in [5.74, 6) is 2.39. The van der Waals surface area contributed by atoms with E-state index in [1.165, 1.54) is 11.1 Å². The predicted octanol–water partition coefficient (Wildman–Crippen LogP) is 3.93. The average Bonchev–Trinajstić information content (AvgIpc) is 3.05. The molecule has 1 fully saturated rings. The fraction of sp³-hybridized carbons (Fsp3) is 0.500. The lowest BCUT2D eigenvalue weighted by molar-refractivity contribution is -0.117. The summed E-state index contributed by atoms with van der Waals surface area (Å²) in [5, 5.41) is 3.21. The molecule has 1 N–H and O–H groups in total. The lowest BCUT2D eigenvalue weighted by Crippen LogP contribution is -2.41. The molecule has 1 aromatic heterocycles. The molecule has 146 valence electrons. The van der Waals surface area contributed by atoms with E-state index in [1.54, 1.807) is 0 Å². The van der Waals surface area contributed by atoms with Gasteiger partial charge in [-0.1, -0.05) is 25.1 Å². The summed E-state index contributed by atoms with van der Waals surface area (Å²) < 4.78 is 6.60. The minimum absolute atomic E-state index is 0.0617. The summed E-state index contributed by atoms with van der Waals surface area (Å²) >= 11 is 0. The summed E-state index contributed by atoms with van der Waals surface area (Å²) in [6, 6.07) is 4.24. The first-order valence-corrected chi connectivity index (χ1v) is 10.5. The zero-order valence-corrected chi connectivity index (χ0v) is 16.7. The van der Waals surface area contributed by atoms with E-state index < -0.39 is 0 Å². The second-order valence-electron chi connectivity index (χ2n) is 9.00. The fourth-order valence-corrected chi connectivity index (χ4v) is 5.93. The van der Waals surface area contributed by atoms with Gasteiger partial charge in [0.25, 0.3) is 0 Å². The van der Waals surface area contributed by atoms with Crippen LogP contribution in [0.2, 0.25) is 0 Å². The third kappa shape index (κ3) is 2.69. The second kappa shape index (κ2) is 6.70. The molecule has 1 aliphatic heterocycles. The molecule has 0 saturated heterocycles. The van der Waals surface area contributed by atoms with Crippen LogP contribution < -0.4 is 5.32 Å². The van der Waals surface area contributed by atoms with Crippen LogP contribution >= 0.6 is 0 Å². The van der Waals surface area contributed by atoms with Gasteiger partial charge >= 0.3 is 0 Å². The number of ketones is 1. The lowest BCUT2D eigenvalue weighted by atomic mass is 9.65. The molecule has 0 spiro atoms. The monoisotopic (exact) mass is 376 g/mol. The first kappa shape index (κ1) is 17.9. The van der Waals surface area contributed by atoms with E-state index in [0.717, 1.165) is 37.1 Å². The third-order valence-corrected chi connectivity index (χ3v) is 7.35. The Labute approximate surface area is 166 Å². The van der Waals surface area contributed by atoms with Crippen LogP contribution in [0.3, 0.4) is 0 Å². The smallest absolute Gasteiger partial charge is 0.166 e. The van der Waals surface area contributed by atoms with Crippen LogP contribution in [-0.4, -0.2) is 30.5 Å². The number of aromatic nitrogens is 1. The van der Waals surface area contributed by atoms with Gasteiger partial charge in [-0.2, -0.15) is 0 Å². The molecule has 0 aromatic carbocycles. The molecule has 0 bridgehead atoms. The van der Waals surface area contributed by atoms with E-state index in [0.29, 0.717) is 24.2 Å². The molecule has 0 radical (unpaired) electrons. The van der Waals surface area contributed by atoms with E-state index in [4.69, 9.17) is 4.74 Å². The number of fused-ring (bicyclic) bond motifs is 3. The number of carbonyl (C=O) groups is 1. The Morgan fingerprint density at radius 3 is 3.00 bits per heavy atom. The van der Waals surface area contributed by atoms with Gasteiger partial charge in [-0.25, -0.2) is 0 Å². The number of hydrogen-bond donors (Lipinski definition) is 1. The van der Waals surface area contributed by atoms with Crippen LogP contribution in [0.15, 0.2) is 59.7 Å². The maximum atomic E-state index is 12.7. The molecular weight excluding hydrogens is 348 g/mol. The van der Waals surface area contributed by atoms with Gasteiger partial charge in [0.15, 0.2) is 5.78 Å². The van der Waals surface area contributed by atoms with Crippen LogP contribution in [-0.2, 0) is 9.53 Å². The molecule has 4 heteroatoms. The first-order chi connectivity index (χ1) is 13.6. The van der Waals surface area contributed by atoms with Crippen LogP contribution in [0.5, 0.6) is 0 Å². The van der Waals surface area contributed by atoms with Crippen LogP contribution in [0.25, 0.3) is 0 Å². The lowest BCUT2D eigenvalue weighted by Gasteiger charge is -2.44. The Morgan fingerprint density at radius 2 is 2.21 bits per heavy atom. The molecule has 1 aromatic rings. The van der Waals surface area contributed by atoms with E-state index in [2.05, 4.69) is 41.5 Å². The highest BCUT2D eigenvalue weighted by molar-refractivity contribution is 6.00. The molecule has 4 aliphatic rings. The van der Waals surface area contributed by atoms with Crippen LogP contribution in [0.1, 0.15) is 44.1 Å². The van der Waals surface area contributed by atoms with Gasteiger partial charge in [-0.05, 0) is 67.0 Å². The quantitative estimate of drug-likeness (QED) is 0.868. The van der Waals surface area contributed by atoms with E-state index in [9.17, 15) is 4.79 Å². The minimum Gasteiger partial charge on any atom is -0.489 e. The Bertz CT molecular complexity index is 885. The van der Waals surface area contributed by atoms with Gasteiger partial charge in [-0.15, -0.1) is 0 Å². The molecular formula is C24H28N2O2. The molecule has 1 unspecified atom stereocenters. The number of pyridine rings is 1. The highest BCUT2D eigenvalue weighted by Gasteiger charge is 2.53. The van der Waals surface area contributed by atoms with Crippen molar-refractivity contribution in [1.29, 1.82) is 0 Å². The highest BCUT2D eigenvalue weighted by atomic mass is 16.5. The van der Waals surface area contributed by atoms with Gasteiger partial charge < -0.3 is 10.1 Å². The molecule has 3 aliphatic carbocycles. The van der Waals surface area contributed by atoms with Crippen molar-refractivity contribution >= 4 is 5.78 Å². The van der Waals surface area contributed by atoms with Crippen molar-refractivity contribution in [2.75, 3.05) is 13.6 Å². The van der Waals surface area contributed by atoms with Crippen molar-refractivity contribution in [1.82, 2.24) is 10.3 Å². The number of Topliss-reactive ketones (excluding diaryl/α,β-unsaturated/α-hetero) is 1. The SMILES string of the molecule is CNCC1CC(=O)C2=C(C1)O[C@@H]1C(=C2)C=C[C@]2(C)[C@@H](c3cccnc3)CC[C@@H]12. The van der Waals surface area contributed by atoms with Crippen molar-refractivity contribution in [2.45, 2.75) is 44.6 Å². The molecule has 5 rings (SSSR count). The number of hydrogen-bond acceptors (Lipinski definition) is 4. The average molecular weight is 377 g/mol. The fourth-order valence-electron chi connectivity index (χ4n) is 5.93. The maximum absolute atomic E-state index is 12.7. The first-order valence-electron chi connectivity index (χ1n) is 10.5. The zero-order chi connectivity index (χ0) is 19.3. The van der Waals surface area contributed by atoms with Crippen molar-refractivity contribution in [2.24, 2.45) is 17.3 Å². The Balaban J connectivity index is 1.47. The van der Waals surface area contributed by atoms with Gasteiger partial charge in [0.2, 0.25) is 0 Å². The number of ether oxygens (including phenoxy) is 1. The van der Waals surface area contributed by atoms with Crippen LogP contribution in [0.4, 0.5) is 0 Å². The number of nitrogens with zero attached hydrogens (tertiary/aromatic N) is 1. The van der Waals surface area contributed by atoms with Gasteiger partial charge in [0.1, 0.15) is 11.9 Å². The Kier molecular flexibility index (Phi) is 4.27. The summed E-state index contributed by atoms with van der Waals surface area (Å²) in [5.41, 5.74) is 3.37. The number of nitrogens with one attached hydrogen (secondary N) is 1. The number of rotatable bonds is 3. The van der Waals surface area contributed by atoms with Crippen LogP contribution in [0, 0.1) is 17.3 Å². The standard InChI is InChI=1S/C24H28N2O2/c1-24-8-7-16-12-18-21(27)10-15(13-25-2)11-22(18)28-23(16)20(24)6-5-19(24)17-4-3-9-26-14-17/h3-4,7-9,12,14-15,19-20,23,25H,5-6,10-11,13H2,1-2H3/t15?,19-,20+,23-,24-/m1/s1. The summed E-state index contributed by atoms with van der Waals surface area (Å²) in [6.07, 6.45) is 14.4. The predicted molar refractivity (Wildman–Crippen MR) is 109 cm³/mol. The summed E-state index contributed by atoms with van der Waals surface area (Å²) in [4.78, 5) is 17.0. The highest BCUT2D eigenvalue weighted by Crippen LogP contribution is 2.59. The number of allylic oxidation sites excluding steroid dienone is 4. The van der Waals surface area contributed by atoms with Crippen molar-refractivity contribution < 1.29 is 9.53 Å². The summed E-state index contributed by atoms with van der Waals surface area (Å²) in [6.45, 7) is 3.23. The van der Waals surface area contributed by atoms with Crippen molar-refractivity contribution in [3.8, 4) is 0 Å². The Hall–Kier alpha value is -2.20. The maximum Gasteiger partial charge on any atom is 0.166 e. The van der Waals surface area contributed by atoms with Crippen molar-refractivity contribution in [3.63, 3.8) is 0 Å². The molecule has 5 atom stereocenters. The zero-order valence-electron chi connectivity index (χ0n) is 16.7. The van der Waals surface area contributed by atoms with Gasteiger partial charge in [-0.3, -0.25) is 9.78 Å². The van der Waals surface area contributed by atoms with E-state index in [1.807, 2.05) is 25.5 Å². The minimum atomic E-state index is 0.0617. The van der Waals surface area contributed by atoms with E-state index in [-0.39, 0.29) is 17.3 Å². The Morgan fingerprint density at radius 1 is 1.32 bits per heavy atom. The summed E-state index contributed by atoms with van der Waals surface area (Å²) in [7, 11) is 1.95. The molecule has 1 saturated carbocycles. The molecule has 0 amide bonds. The van der Waals surface area contributed by atoms with E-state index >= 15 is 0 Å². The second-order valence-corrected chi connectivity index (χ2v) is 9.00. The normalized spacial score (nSPS) is 36.4.